The van der Waals surface area contributed by atoms with E-state index in [1.54, 1.807) is 0 Å². The third-order valence-electron chi connectivity index (χ3n) is 11.1. The summed E-state index contributed by atoms with van der Waals surface area (Å²) in [6, 6.07) is 65.0. The number of benzene rings is 8. The van der Waals surface area contributed by atoms with E-state index in [0.29, 0.717) is 17.5 Å². The van der Waals surface area contributed by atoms with Gasteiger partial charge >= 0.3 is 0 Å². The van der Waals surface area contributed by atoms with E-state index in [2.05, 4.69) is 126 Å². The molecular formula is C51H30N4S2. The van der Waals surface area contributed by atoms with Gasteiger partial charge in [0.05, 0.1) is 16.7 Å². The number of nitrogens with zero attached hydrogens (tertiary/aromatic N) is 4. The summed E-state index contributed by atoms with van der Waals surface area (Å²) in [5.74, 6) is 1.99. The minimum atomic E-state index is 0.664. The topological polar surface area (TPSA) is 43.6 Å². The van der Waals surface area contributed by atoms with Crippen LogP contribution in [0.4, 0.5) is 0 Å². The van der Waals surface area contributed by atoms with Crippen LogP contribution in [0.5, 0.6) is 0 Å². The first-order valence-corrected chi connectivity index (χ1v) is 20.6. The number of aromatic nitrogens is 4. The lowest BCUT2D eigenvalue weighted by atomic mass is 10.0. The normalized spacial score (nSPS) is 11.9. The van der Waals surface area contributed by atoms with Crippen molar-refractivity contribution in [2.24, 2.45) is 0 Å². The Morgan fingerprint density at radius 3 is 1.53 bits per heavy atom. The van der Waals surface area contributed by atoms with Crippen molar-refractivity contribution >= 4 is 84.8 Å². The third kappa shape index (κ3) is 5.22. The standard InChI is InChI=1S/C51H30N4S2/c1-3-12-31(13-4-1)49-52-50(32-14-5-2-6-15-32)54-51(53-49)35-24-27-44-39(29-35)38-25-22-34(30-47(38)57-44)33-23-26-45-40(28-33)48-43(20-11-21-46(48)56-45)55-41-18-9-7-16-36(41)37-17-8-10-19-42(37)55/h1-30H. The van der Waals surface area contributed by atoms with E-state index in [4.69, 9.17) is 15.0 Å². The molecule has 266 valence electrons. The van der Waals surface area contributed by atoms with Crippen LogP contribution in [0.2, 0.25) is 0 Å². The number of hydrogen-bond donors (Lipinski definition) is 0. The summed E-state index contributed by atoms with van der Waals surface area (Å²) in [4.78, 5) is 14.9. The lowest BCUT2D eigenvalue weighted by molar-refractivity contribution is 1.07. The van der Waals surface area contributed by atoms with Gasteiger partial charge in [0, 0.05) is 67.8 Å². The summed E-state index contributed by atoms with van der Waals surface area (Å²) in [6.45, 7) is 0. The molecular weight excluding hydrogens is 733 g/mol. The van der Waals surface area contributed by atoms with Gasteiger partial charge in [-0.1, -0.05) is 121 Å². The van der Waals surface area contributed by atoms with E-state index in [1.807, 2.05) is 83.3 Å². The van der Waals surface area contributed by atoms with E-state index in [9.17, 15) is 0 Å². The van der Waals surface area contributed by atoms with Crippen molar-refractivity contribution in [1.82, 2.24) is 19.5 Å². The summed E-state index contributed by atoms with van der Waals surface area (Å²) in [5, 5.41) is 7.57. The van der Waals surface area contributed by atoms with Crippen LogP contribution in [0.1, 0.15) is 0 Å². The van der Waals surface area contributed by atoms with Crippen LogP contribution in [0, 0.1) is 0 Å². The fraction of sp³-hybridized carbons (Fsp3) is 0. The molecule has 12 aromatic rings. The molecule has 0 N–H and O–H groups in total. The van der Waals surface area contributed by atoms with Crippen LogP contribution in [0.3, 0.4) is 0 Å². The molecule has 0 aliphatic rings. The van der Waals surface area contributed by atoms with E-state index < -0.39 is 0 Å². The monoisotopic (exact) mass is 762 g/mol. The maximum atomic E-state index is 5.00. The molecule has 4 heterocycles. The molecule has 0 aliphatic carbocycles. The van der Waals surface area contributed by atoms with Crippen LogP contribution in [0.15, 0.2) is 182 Å². The molecule has 0 atom stereocenters. The highest BCUT2D eigenvalue weighted by Crippen LogP contribution is 2.43. The average molecular weight is 763 g/mol. The zero-order valence-corrected chi connectivity index (χ0v) is 32.1. The van der Waals surface area contributed by atoms with Gasteiger partial charge in [-0.15, -0.1) is 22.7 Å². The molecule has 0 fully saturated rings. The molecule has 6 heteroatoms. The van der Waals surface area contributed by atoms with Crippen LogP contribution in [-0.4, -0.2) is 19.5 Å². The van der Waals surface area contributed by atoms with Gasteiger partial charge in [-0.05, 0) is 71.8 Å². The van der Waals surface area contributed by atoms with E-state index >= 15 is 0 Å². The second-order valence-corrected chi connectivity index (χ2v) is 16.6. The maximum absolute atomic E-state index is 5.00. The van der Waals surface area contributed by atoms with Gasteiger partial charge in [-0.25, -0.2) is 15.0 Å². The maximum Gasteiger partial charge on any atom is 0.164 e. The number of fused-ring (bicyclic) bond motifs is 9. The van der Waals surface area contributed by atoms with Crippen molar-refractivity contribution < 1.29 is 0 Å². The van der Waals surface area contributed by atoms with Gasteiger partial charge in [0.25, 0.3) is 0 Å². The molecule has 0 amide bonds. The Labute approximate surface area is 335 Å². The first kappa shape index (κ1) is 32.3. The Bertz CT molecular complexity index is 3410. The summed E-state index contributed by atoms with van der Waals surface area (Å²) in [6.07, 6.45) is 0. The molecule has 0 unspecified atom stereocenters. The van der Waals surface area contributed by atoms with Crippen molar-refractivity contribution in [3.8, 4) is 51.0 Å². The van der Waals surface area contributed by atoms with Gasteiger partial charge in [-0.2, -0.15) is 0 Å². The van der Waals surface area contributed by atoms with E-state index in [1.165, 1.54) is 79.0 Å². The molecule has 12 rings (SSSR count). The molecule has 0 saturated heterocycles. The van der Waals surface area contributed by atoms with Crippen LogP contribution in [0.25, 0.3) is 113 Å². The van der Waals surface area contributed by atoms with Crippen molar-refractivity contribution in [1.29, 1.82) is 0 Å². The first-order chi connectivity index (χ1) is 28.2. The first-order valence-electron chi connectivity index (χ1n) is 19.0. The van der Waals surface area contributed by atoms with Gasteiger partial charge in [0.15, 0.2) is 17.5 Å². The van der Waals surface area contributed by atoms with Crippen molar-refractivity contribution in [2.45, 2.75) is 0 Å². The second kappa shape index (κ2) is 12.8. The molecule has 4 nitrogen and oxygen atoms in total. The summed E-state index contributed by atoms with van der Waals surface area (Å²) >= 11 is 3.70. The van der Waals surface area contributed by atoms with E-state index in [0.717, 1.165) is 16.7 Å². The number of hydrogen-bond acceptors (Lipinski definition) is 5. The molecule has 0 bridgehead atoms. The minimum absolute atomic E-state index is 0.664. The zero-order chi connectivity index (χ0) is 37.5. The highest BCUT2D eigenvalue weighted by Gasteiger charge is 2.18. The summed E-state index contributed by atoms with van der Waals surface area (Å²) in [5.41, 5.74) is 8.99. The van der Waals surface area contributed by atoms with Crippen LogP contribution >= 0.6 is 22.7 Å². The predicted molar refractivity (Wildman–Crippen MR) is 242 cm³/mol. The molecule has 0 saturated carbocycles. The lowest BCUT2D eigenvalue weighted by Crippen LogP contribution is -2.00. The van der Waals surface area contributed by atoms with Gasteiger partial charge in [-0.3, -0.25) is 0 Å². The Morgan fingerprint density at radius 1 is 0.316 bits per heavy atom. The smallest absolute Gasteiger partial charge is 0.164 e. The number of thiophene rings is 2. The fourth-order valence-corrected chi connectivity index (χ4v) is 10.6. The highest BCUT2D eigenvalue weighted by atomic mass is 32.1. The largest absolute Gasteiger partial charge is 0.309 e. The number of para-hydroxylation sites is 2. The minimum Gasteiger partial charge on any atom is -0.309 e. The Balaban J connectivity index is 0.975. The Hall–Kier alpha value is -6.99. The molecule has 0 aliphatic heterocycles. The quantitative estimate of drug-likeness (QED) is 0.175. The zero-order valence-electron chi connectivity index (χ0n) is 30.4. The molecule has 0 spiro atoms. The molecule has 57 heavy (non-hydrogen) atoms. The third-order valence-corrected chi connectivity index (χ3v) is 13.3. The highest BCUT2D eigenvalue weighted by molar-refractivity contribution is 7.26. The average Bonchev–Trinajstić information content (AvgIpc) is 3.95. The lowest BCUT2D eigenvalue weighted by Gasteiger charge is -2.10. The molecule has 0 radical (unpaired) electrons. The Morgan fingerprint density at radius 2 is 0.842 bits per heavy atom. The van der Waals surface area contributed by atoms with Crippen molar-refractivity contribution in [2.75, 3.05) is 0 Å². The van der Waals surface area contributed by atoms with Crippen LogP contribution in [-0.2, 0) is 0 Å². The van der Waals surface area contributed by atoms with Crippen molar-refractivity contribution in [3.63, 3.8) is 0 Å². The summed E-state index contributed by atoms with van der Waals surface area (Å²) < 4.78 is 7.53. The number of rotatable bonds is 5. The van der Waals surface area contributed by atoms with Crippen LogP contribution < -0.4 is 0 Å². The SMILES string of the molecule is c1ccc(-c2nc(-c3ccccc3)nc(-c3ccc4sc5cc(-c6ccc7sc8cccc(-n9c%10ccccc%10c%10ccccc%109)c8c7c6)ccc5c4c3)n2)cc1. The van der Waals surface area contributed by atoms with E-state index in [-0.39, 0.29) is 0 Å². The summed E-state index contributed by atoms with van der Waals surface area (Å²) in [7, 11) is 0. The van der Waals surface area contributed by atoms with Crippen molar-refractivity contribution in [3.05, 3.63) is 182 Å². The predicted octanol–water partition coefficient (Wildman–Crippen LogP) is 14.4. The molecule has 8 aromatic carbocycles. The fourth-order valence-electron chi connectivity index (χ4n) is 8.39. The Kier molecular flexibility index (Phi) is 7.24. The van der Waals surface area contributed by atoms with Gasteiger partial charge in [0.2, 0.25) is 0 Å². The van der Waals surface area contributed by atoms with Gasteiger partial charge < -0.3 is 4.57 Å². The molecule has 4 aromatic heterocycles. The van der Waals surface area contributed by atoms with Gasteiger partial charge in [0.1, 0.15) is 0 Å². The second-order valence-electron chi connectivity index (χ2n) is 14.4.